The third-order valence-electron chi connectivity index (χ3n) is 5.94. The molecule has 2 amide bonds. The average Bonchev–Trinajstić information content (AvgIpc) is 2.79. The van der Waals surface area contributed by atoms with Gasteiger partial charge in [0.05, 0.1) is 11.0 Å². The molecule has 2 aromatic carbocycles. The first-order chi connectivity index (χ1) is 15.2. The van der Waals surface area contributed by atoms with Crippen molar-refractivity contribution >= 4 is 34.8 Å². The van der Waals surface area contributed by atoms with Crippen molar-refractivity contribution in [2.45, 2.75) is 40.2 Å². The van der Waals surface area contributed by atoms with Crippen molar-refractivity contribution in [2.24, 2.45) is 11.3 Å². The maximum Gasteiger partial charge on any atom is 0.253 e. The van der Waals surface area contributed by atoms with Gasteiger partial charge in [-0.2, -0.15) is 0 Å². The maximum absolute atomic E-state index is 13.2. The van der Waals surface area contributed by atoms with E-state index < -0.39 is 5.41 Å². The molecule has 0 atom stereocenters. The molecule has 172 valence electrons. The summed E-state index contributed by atoms with van der Waals surface area (Å²) in [5, 5.41) is 5.81. The zero-order chi connectivity index (χ0) is 23.3. The number of amides is 2. The quantitative estimate of drug-likeness (QED) is 0.560. The number of nitrogens with one attached hydrogen (secondary N) is 2. The van der Waals surface area contributed by atoms with Gasteiger partial charge in [-0.3, -0.25) is 9.59 Å². The van der Waals surface area contributed by atoms with Gasteiger partial charge in [-0.15, -0.1) is 11.6 Å². The molecule has 0 aliphatic carbocycles. The van der Waals surface area contributed by atoms with Gasteiger partial charge in [0.1, 0.15) is 5.82 Å². The third kappa shape index (κ3) is 6.00. The van der Waals surface area contributed by atoms with Crippen LogP contribution >= 0.6 is 11.6 Å². The molecular formula is C25H31ClFN3O2. The number of anilines is 2. The summed E-state index contributed by atoms with van der Waals surface area (Å²) in [4.78, 5) is 28.0. The van der Waals surface area contributed by atoms with Gasteiger partial charge in [0.15, 0.2) is 0 Å². The number of hydrogen-bond donors (Lipinski definition) is 2. The molecule has 1 heterocycles. The monoisotopic (exact) mass is 459 g/mol. The molecule has 3 rings (SSSR count). The zero-order valence-corrected chi connectivity index (χ0v) is 19.6. The number of benzene rings is 2. The number of halogens is 2. The van der Waals surface area contributed by atoms with Crippen LogP contribution in [0.2, 0.25) is 0 Å². The maximum atomic E-state index is 13.2. The smallest absolute Gasteiger partial charge is 0.253 e. The normalized spacial score (nSPS) is 14.8. The SMILES string of the molecule is CC1CCN(c2ccc(NC(=O)C(C)(C)CCl)cc2C(=O)NCc2ccc(F)cc2)CC1. The van der Waals surface area contributed by atoms with Crippen molar-refractivity contribution in [3.8, 4) is 0 Å². The molecule has 1 saturated heterocycles. The van der Waals surface area contributed by atoms with Crippen molar-refractivity contribution in [1.82, 2.24) is 5.32 Å². The number of hydrogen-bond acceptors (Lipinski definition) is 3. The molecule has 2 N–H and O–H groups in total. The molecular weight excluding hydrogens is 429 g/mol. The third-order valence-corrected chi connectivity index (χ3v) is 6.61. The summed E-state index contributed by atoms with van der Waals surface area (Å²) in [5.74, 6) is 0.0946. The first kappa shape index (κ1) is 24.1. The lowest BCUT2D eigenvalue weighted by Gasteiger charge is -2.33. The molecule has 0 aromatic heterocycles. The van der Waals surface area contributed by atoms with Crippen LogP contribution in [0.3, 0.4) is 0 Å². The highest BCUT2D eigenvalue weighted by molar-refractivity contribution is 6.20. The van der Waals surface area contributed by atoms with E-state index in [0.29, 0.717) is 17.2 Å². The van der Waals surface area contributed by atoms with Crippen LogP contribution in [-0.4, -0.2) is 30.8 Å². The molecule has 0 unspecified atom stereocenters. The van der Waals surface area contributed by atoms with E-state index in [2.05, 4.69) is 22.5 Å². The highest BCUT2D eigenvalue weighted by atomic mass is 35.5. The average molecular weight is 460 g/mol. The van der Waals surface area contributed by atoms with Gasteiger partial charge in [0.2, 0.25) is 5.91 Å². The Balaban J connectivity index is 1.83. The molecule has 0 radical (unpaired) electrons. The van der Waals surface area contributed by atoms with Gasteiger partial charge in [-0.1, -0.05) is 19.1 Å². The molecule has 32 heavy (non-hydrogen) atoms. The minimum atomic E-state index is -0.728. The Kier molecular flexibility index (Phi) is 7.77. The fourth-order valence-electron chi connectivity index (χ4n) is 3.56. The predicted molar refractivity (Wildman–Crippen MR) is 128 cm³/mol. The highest BCUT2D eigenvalue weighted by Crippen LogP contribution is 2.30. The lowest BCUT2D eigenvalue weighted by molar-refractivity contribution is -0.122. The van der Waals surface area contributed by atoms with Crippen LogP contribution in [-0.2, 0) is 11.3 Å². The lowest BCUT2D eigenvalue weighted by atomic mass is 9.95. The van der Waals surface area contributed by atoms with Crippen LogP contribution in [0.15, 0.2) is 42.5 Å². The highest BCUT2D eigenvalue weighted by Gasteiger charge is 2.27. The fraction of sp³-hybridized carbons (Fsp3) is 0.440. The van der Waals surface area contributed by atoms with E-state index in [9.17, 15) is 14.0 Å². The van der Waals surface area contributed by atoms with Gasteiger partial charge >= 0.3 is 0 Å². The van der Waals surface area contributed by atoms with Gasteiger partial charge in [-0.25, -0.2) is 4.39 Å². The molecule has 0 bridgehead atoms. The molecule has 1 fully saturated rings. The van der Waals surface area contributed by atoms with Gasteiger partial charge < -0.3 is 15.5 Å². The van der Waals surface area contributed by atoms with E-state index >= 15 is 0 Å². The summed E-state index contributed by atoms with van der Waals surface area (Å²) in [7, 11) is 0. The molecule has 2 aromatic rings. The number of carbonyl (C=O) groups is 2. The fourth-order valence-corrected chi connectivity index (χ4v) is 3.68. The number of nitrogens with zero attached hydrogens (tertiary/aromatic N) is 1. The molecule has 5 nitrogen and oxygen atoms in total. The van der Waals surface area contributed by atoms with E-state index in [1.165, 1.54) is 12.1 Å². The summed E-state index contributed by atoms with van der Waals surface area (Å²) in [6.45, 7) is 7.83. The van der Waals surface area contributed by atoms with E-state index in [1.54, 1.807) is 32.0 Å². The lowest BCUT2D eigenvalue weighted by Crippen LogP contribution is -2.35. The Hall–Kier alpha value is -2.60. The van der Waals surface area contributed by atoms with E-state index in [0.717, 1.165) is 37.2 Å². The van der Waals surface area contributed by atoms with Crippen molar-refractivity contribution in [1.29, 1.82) is 0 Å². The van der Waals surface area contributed by atoms with Crippen LogP contribution < -0.4 is 15.5 Å². The Labute approximate surface area is 194 Å². The van der Waals surface area contributed by atoms with Gasteiger partial charge in [-0.05, 0) is 68.5 Å². The number of alkyl halides is 1. The molecule has 1 aliphatic heterocycles. The number of rotatable bonds is 7. The Morgan fingerprint density at radius 1 is 1.12 bits per heavy atom. The van der Waals surface area contributed by atoms with Crippen LogP contribution in [0, 0.1) is 17.2 Å². The Morgan fingerprint density at radius 2 is 1.78 bits per heavy atom. The van der Waals surface area contributed by atoms with Crippen molar-refractivity contribution in [3.63, 3.8) is 0 Å². The van der Waals surface area contributed by atoms with Crippen LogP contribution in [0.5, 0.6) is 0 Å². The molecule has 0 spiro atoms. The van der Waals surface area contributed by atoms with Crippen LogP contribution in [0.25, 0.3) is 0 Å². The summed E-state index contributed by atoms with van der Waals surface area (Å²) < 4.78 is 13.2. The minimum absolute atomic E-state index is 0.188. The Bertz CT molecular complexity index is 954. The number of carbonyl (C=O) groups excluding carboxylic acids is 2. The zero-order valence-electron chi connectivity index (χ0n) is 18.9. The van der Waals surface area contributed by atoms with Crippen molar-refractivity contribution in [3.05, 3.63) is 59.4 Å². The van der Waals surface area contributed by atoms with E-state index in [1.807, 2.05) is 12.1 Å². The molecule has 1 aliphatic rings. The van der Waals surface area contributed by atoms with Crippen molar-refractivity contribution < 1.29 is 14.0 Å². The van der Waals surface area contributed by atoms with Crippen LogP contribution in [0.1, 0.15) is 49.5 Å². The Morgan fingerprint density at radius 3 is 2.41 bits per heavy atom. The topological polar surface area (TPSA) is 61.4 Å². The van der Waals surface area contributed by atoms with Crippen LogP contribution in [0.4, 0.5) is 15.8 Å². The summed E-state index contributed by atoms with van der Waals surface area (Å²) >= 11 is 5.93. The first-order valence-electron chi connectivity index (χ1n) is 11.0. The summed E-state index contributed by atoms with van der Waals surface area (Å²) in [6, 6.07) is 11.5. The number of piperidine rings is 1. The van der Waals surface area contributed by atoms with Crippen molar-refractivity contribution in [2.75, 3.05) is 29.2 Å². The largest absolute Gasteiger partial charge is 0.371 e. The second-order valence-electron chi connectivity index (χ2n) is 9.18. The van der Waals surface area contributed by atoms with Gasteiger partial charge in [0.25, 0.3) is 5.91 Å². The second kappa shape index (κ2) is 10.3. The minimum Gasteiger partial charge on any atom is -0.371 e. The predicted octanol–water partition coefficient (Wildman–Crippen LogP) is 5.20. The standard InChI is InChI=1S/C25H31ClFN3O2/c1-17-10-12-30(13-11-17)22-9-8-20(29-24(32)25(2,3)16-26)14-21(22)23(31)28-15-18-4-6-19(27)7-5-18/h4-9,14,17H,10-13,15-16H2,1-3H3,(H,28,31)(H,29,32). The summed E-state index contributed by atoms with van der Waals surface area (Å²) in [5.41, 5.74) is 1.98. The first-order valence-corrected chi connectivity index (χ1v) is 11.5. The van der Waals surface area contributed by atoms with E-state index in [4.69, 9.17) is 11.6 Å². The molecule has 7 heteroatoms. The second-order valence-corrected chi connectivity index (χ2v) is 9.45. The van der Waals surface area contributed by atoms with Gasteiger partial charge in [0, 0.05) is 36.9 Å². The van der Waals surface area contributed by atoms with E-state index in [-0.39, 0.29) is 30.1 Å². The molecule has 0 saturated carbocycles. The summed E-state index contributed by atoms with van der Waals surface area (Å²) in [6.07, 6.45) is 2.14.